The third-order valence-corrected chi connectivity index (χ3v) is 4.86. The average Bonchev–Trinajstić information content (AvgIpc) is 2.37. The van der Waals surface area contributed by atoms with Crippen molar-refractivity contribution >= 4 is 0 Å². The lowest BCUT2D eigenvalue weighted by Crippen LogP contribution is -2.47. The van der Waals surface area contributed by atoms with E-state index in [4.69, 9.17) is 0 Å². The Bertz CT molecular complexity index is 250. The maximum Gasteiger partial charge on any atom is 0.0108 e. The molecule has 0 heterocycles. The summed E-state index contributed by atoms with van der Waals surface area (Å²) in [5.74, 6) is 0.830. The minimum atomic E-state index is 0.541. The number of hydrogen-bond donors (Lipinski definition) is 1. The topological polar surface area (TPSA) is 15.3 Å². The maximum absolute atomic E-state index is 3.81. The highest BCUT2D eigenvalue weighted by Gasteiger charge is 2.34. The zero-order valence-electron chi connectivity index (χ0n) is 14.7. The quantitative estimate of drug-likeness (QED) is 0.634. The zero-order chi connectivity index (χ0) is 15.0. The summed E-state index contributed by atoms with van der Waals surface area (Å²) in [4.78, 5) is 2.57. The van der Waals surface area contributed by atoms with E-state index in [1.807, 2.05) is 0 Å². The molecule has 1 aliphatic carbocycles. The van der Waals surface area contributed by atoms with E-state index < -0.39 is 0 Å². The molecule has 0 aromatic rings. The molecule has 20 heavy (non-hydrogen) atoms. The van der Waals surface area contributed by atoms with E-state index in [2.05, 4.69) is 45.0 Å². The molecule has 1 aliphatic rings. The van der Waals surface area contributed by atoms with Crippen LogP contribution in [0.3, 0.4) is 0 Å². The number of rotatable bonds is 9. The van der Waals surface area contributed by atoms with Gasteiger partial charge in [-0.05, 0) is 63.6 Å². The fraction of sp³-hybridized carbons (Fsp3) is 1.00. The number of nitrogens with one attached hydrogen (secondary N) is 1. The average molecular weight is 283 g/mol. The van der Waals surface area contributed by atoms with Gasteiger partial charge in [-0.1, -0.05) is 40.5 Å². The van der Waals surface area contributed by atoms with Crippen molar-refractivity contribution in [1.29, 1.82) is 0 Å². The van der Waals surface area contributed by atoms with Crippen LogP contribution in [-0.4, -0.2) is 37.6 Å². The molecule has 2 heteroatoms. The predicted octanol–water partition coefficient (Wildman–Crippen LogP) is 4.30. The van der Waals surface area contributed by atoms with Crippen LogP contribution >= 0.6 is 0 Å². The lowest BCUT2D eigenvalue weighted by Gasteiger charge is -2.42. The predicted molar refractivity (Wildman–Crippen MR) is 90.2 cm³/mol. The molecular formula is C18H38N2. The molecule has 0 amide bonds. The van der Waals surface area contributed by atoms with Gasteiger partial charge in [0.05, 0.1) is 0 Å². The van der Waals surface area contributed by atoms with E-state index in [1.165, 1.54) is 64.6 Å². The smallest absolute Gasteiger partial charge is 0.0108 e. The summed E-state index contributed by atoms with van der Waals surface area (Å²) < 4.78 is 0. The number of hydrogen-bond acceptors (Lipinski definition) is 2. The van der Waals surface area contributed by atoms with Gasteiger partial charge in [0.15, 0.2) is 0 Å². The van der Waals surface area contributed by atoms with Crippen LogP contribution in [0, 0.1) is 11.3 Å². The van der Waals surface area contributed by atoms with Gasteiger partial charge in [-0.3, -0.25) is 0 Å². The fourth-order valence-corrected chi connectivity index (χ4v) is 3.65. The molecule has 0 aromatic heterocycles. The molecule has 120 valence electrons. The molecule has 2 nitrogen and oxygen atoms in total. The molecular weight excluding hydrogens is 244 g/mol. The summed E-state index contributed by atoms with van der Waals surface area (Å²) in [5.41, 5.74) is 0.541. The molecule has 2 unspecified atom stereocenters. The second-order valence-electron chi connectivity index (χ2n) is 7.70. The van der Waals surface area contributed by atoms with Gasteiger partial charge in [-0.25, -0.2) is 0 Å². The fourth-order valence-electron chi connectivity index (χ4n) is 3.65. The minimum absolute atomic E-state index is 0.541. The Hall–Kier alpha value is -0.0800. The van der Waals surface area contributed by atoms with Crippen LogP contribution in [0.1, 0.15) is 72.6 Å². The highest BCUT2D eigenvalue weighted by atomic mass is 15.1. The normalized spacial score (nSPS) is 26.1. The summed E-state index contributed by atoms with van der Waals surface area (Å²) in [6, 6.07) is 0.747. The molecule has 0 spiro atoms. The molecule has 0 bridgehead atoms. The van der Waals surface area contributed by atoms with Gasteiger partial charge >= 0.3 is 0 Å². The van der Waals surface area contributed by atoms with E-state index in [-0.39, 0.29) is 0 Å². The van der Waals surface area contributed by atoms with Crippen molar-refractivity contribution in [3.05, 3.63) is 0 Å². The van der Waals surface area contributed by atoms with Crippen molar-refractivity contribution < 1.29 is 0 Å². The second kappa shape index (κ2) is 9.04. The van der Waals surface area contributed by atoms with Crippen molar-refractivity contribution in [2.24, 2.45) is 11.3 Å². The first kappa shape index (κ1) is 18.0. The summed E-state index contributed by atoms with van der Waals surface area (Å²) >= 11 is 0. The Morgan fingerprint density at radius 1 is 1.15 bits per heavy atom. The first-order valence-electron chi connectivity index (χ1n) is 8.90. The molecule has 1 fully saturated rings. The summed E-state index contributed by atoms with van der Waals surface area (Å²) in [5, 5.41) is 3.81. The Morgan fingerprint density at radius 3 is 2.55 bits per heavy atom. The molecule has 2 atom stereocenters. The SMILES string of the molecule is CCCCCN(C)CC1CC(C)(C)CCC1NCCC. The van der Waals surface area contributed by atoms with Crippen LogP contribution in [0.25, 0.3) is 0 Å². The molecule has 1 saturated carbocycles. The molecule has 0 radical (unpaired) electrons. The highest BCUT2D eigenvalue weighted by Crippen LogP contribution is 2.39. The van der Waals surface area contributed by atoms with Crippen molar-refractivity contribution in [1.82, 2.24) is 10.2 Å². The van der Waals surface area contributed by atoms with Gasteiger partial charge in [0.2, 0.25) is 0 Å². The lowest BCUT2D eigenvalue weighted by atomic mass is 9.69. The van der Waals surface area contributed by atoms with Crippen LogP contribution in [0.2, 0.25) is 0 Å². The van der Waals surface area contributed by atoms with Crippen LogP contribution in [0.5, 0.6) is 0 Å². The molecule has 0 aliphatic heterocycles. The van der Waals surface area contributed by atoms with Crippen molar-refractivity contribution in [2.75, 3.05) is 26.7 Å². The van der Waals surface area contributed by atoms with E-state index in [0.29, 0.717) is 5.41 Å². The van der Waals surface area contributed by atoms with Gasteiger partial charge in [0.1, 0.15) is 0 Å². The summed E-state index contributed by atoms with van der Waals surface area (Å²) in [7, 11) is 2.31. The third kappa shape index (κ3) is 6.58. The first-order valence-corrected chi connectivity index (χ1v) is 8.90. The maximum atomic E-state index is 3.81. The van der Waals surface area contributed by atoms with E-state index in [1.54, 1.807) is 0 Å². The van der Waals surface area contributed by atoms with Crippen LogP contribution in [0.4, 0.5) is 0 Å². The molecule has 1 rings (SSSR count). The zero-order valence-corrected chi connectivity index (χ0v) is 14.7. The summed E-state index contributed by atoms with van der Waals surface area (Å²) in [6.45, 7) is 13.2. The van der Waals surface area contributed by atoms with Crippen LogP contribution in [0.15, 0.2) is 0 Å². The van der Waals surface area contributed by atoms with Crippen LogP contribution in [-0.2, 0) is 0 Å². The molecule has 1 N–H and O–H groups in total. The number of nitrogens with zero attached hydrogens (tertiary/aromatic N) is 1. The Labute approximate surface area is 127 Å². The van der Waals surface area contributed by atoms with Crippen LogP contribution < -0.4 is 5.32 Å². The third-order valence-electron chi connectivity index (χ3n) is 4.86. The Balaban J connectivity index is 2.46. The largest absolute Gasteiger partial charge is 0.314 e. The van der Waals surface area contributed by atoms with Gasteiger partial charge in [-0.15, -0.1) is 0 Å². The van der Waals surface area contributed by atoms with Crippen molar-refractivity contribution in [3.63, 3.8) is 0 Å². The first-order chi connectivity index (χ1) is 9.48. The number of unbranched alkanes of at least 4 members (excludes halogenated alkanes) is 2. The van der Waals surface area contributed by atoms with Crippen molar-refractivity contribution in [3.8, 4) is 0 Å². The monoisotopic (exact) mass is 282 g/mol. The highest BCUT2D eigenvalue weighted by molar-refractivity contribution is 4.90. The standard InChI is InChI=1S/C18H38N2/c1-6-8-9-13-20(5)15-16-14-18(3,4)11-10-17(16)19-12-7-2/h16-17,19H,6-15H2,1-5H3. The van der Waals surface area contributed by atoms with E-state index >= 15 is 0 Å². The second-order valence-corrected chi connectivity index (χ2v) is 7.70. The summed E-state index contributed by atoms with van der Waals surface area (Å²) in [6.07, 6.45) is 9.43. The van der Waals surface area contributed by atoms with E-state index in [9.17, 15) is 0 Å². The van der Waals surface area contributed by atoms with Gasteiger partial charge in [0.25, 0.3) is 0 Å². The molecule has 0 saturated heterocycles. The molecule has 0 aromatic carbocycles. The lowest BCUT2D eigenvalue weighted by molar-refractivity contribution is 0.108. The van der Waals surface area contributed by atoms with Gasteiger partial charge in [0, 0.05) is 12.6 Å². The van der Waals surface area contributed by atoms with Crippen molar-refractivity contribution in [2.45, 2.75) is 78.7 Å². The van der Waals surface area contributed by atoms with Gasteiger partial charge in [-0.2, -0.15) is 0 Å². The Morgan fingerprint density at radius 2 is 1.90 bits per heavy atom. The Kier molecular flexibility index (Phi) is 8.13. The minimum Gasteiger partial charge on any atom is -0.314 e. The van der Waals surface area contributed by atoms with Gasteiger partial charge < -0.3 is 10.2 Å². The van der Waals surface area contributed by atoms with E-state index in [0.717, 1.165) is 12.0 Å².